The van der Waals surface area contributed by atoms with Gasteiger partial charge >= 0.3 is 6.18 Å². The second-order valence-corrected chi connectivity index (χ2v) is 5.55. The summed E-state index contributed by atoms with van der Waals surface area (Å²) in [5.74, 6) is 0. The van der Waals surface area contributed by atoms with E-state index in [1.165, 1.54) is 6.07 Å². The third-order valence-electron chi connectivity index (χ3n) is 1.32. The standard InChI is InChI=1S/C6H4Br2F3NS/c7-2-1-3(13-5(2)8)4(12)6(9,10)11/h1,4H,12H2/t4-/m1/s1. The van der Waals surface area contributed by atoms with Gasteiger partial charge in [-0.05, 0) is 37.9 Å². The second kappa shape index (κ2) is 3.88. The van der Waals surface area contributed by atoms with Crippen LogP contribution in [0.5, 0.6) is 0 Å². The molecule has 0 radical (unpaired) electrons. The first kappa shape index (κ1) is 11.5. The lowest BCUT2D eigenvalue weighted by atomic mass is 10.2. The smallest absolute Gasteiger partial charge is 0.316 e. The molecule has 0 saturated heterocycles. The van der Waals surface area contributed by atoms with Crippen LogP contribution >= 0.6 is 43.2 Å². The highest BCUT2D eigenvalue weighted by Gasteiger charge is 2.39. The zero-order chi connectivity index (χ0) is 10.2. The van der Waals surface area contributed by atoms with E-state index in [0.29, 0.717) is 8.26 Å². The highest BCUT2D eigenvalue weighted by Crippen LogP contribution is 2.39. The van der Waals surface area contributed by atoms with Crippen molar-refractivity contribution in [2.24, 2.45) is 5.73 Å². The Morgan fingerprint density at radius 2 is 1.92 bits per heavy atom. The molecule has 0 fully saturated rings. The molecule has 1 rings (SSSR count). The topological polar surface area (TPSA) is 26.0 Å². The lowest BCUT2D eigenvalue weighted by Gasteiger charge is -2.12. The molecular formula is C6H4Br2F3NS. The molecule has 1 heterocycles. The van der Waals surface area contributed by atoms with Crippen LogP contribution in [0.1, 0.15) is 10.9 Å². The predicted molar refractivity (Wildman–Crippen MR) is 52.7 cm³/mol. The van der Waals surface area contributed by atoms with Crippen molar-refractivity contribution in [3.63, 3.8) is 0 Å². The van der Waals surface area contributed by atoms with E-state index in [9.17, 15) is 13.2 Å². The van der Waals surface area contributed by atoms with Gasteiger partial charge in [0.2, 0.25) is 0 Å². The number of halogens is 5. The van der Waals surface area contributed by atoms with Gasteiger partial charge in [-0.1, -0.05) is 0 Å². The molecule has 0 bridgehead atoms. The zero-order valence-electron chi connectivity index (χ0n) is 6.03. The van der Waals surface area contributed by atoms with E-state index in [-0.39, 0.29) is 4.88 Å². The van der Waals surface area contributed by atoms with Crippen molar-refractivity contribution in [2.45, 2.75) is 12.2 Å². The van der Waals surface area contributed by atoms with Crippen LogP contribution < -0.4 is 5.73 Å². The van der Waals surface area contributed by atoms with E-state index in [4.69, 9.17) is 5.73 Å². The van der Waals surface area contributed by atoms with Gasteiger partial charge in [0, 0.05) is 9.35 Å². The van der Waals surface area contributed by atoms with Gasteiger partial charge in [0.1, 0.15) is 6.04 Å². The molecule has 0 spiro atoms. The first-order valence-electron chi connectivity index (χ1n) is 3.09. The van der Waals surface area contributed by atoms with E-state index in [2.05, 4.69) is 31.9 Å². The van der Waals surface area contributed by atoms with Crippen LogP contribution in [0.2, 0.25) is 0 Å². The summed E-state index contributed by atoms with van der Waals surface area (Å²) >= 11 is 7.17. The molecule has 0 aliphatic carbocycles. The maximum atomic E-state index is 12.1. The summed E-state index contributed by atoms with van der Waals surface area (Å²) in [6, 6.07) is -0.535. The second-order valence-electron chi connectivity index (χ2n) is 2.29. The Labute approximate surface area is 93.4 Å². The number of hydrogen-bond acceptors (Lipinski definition) is 2. The normalized spacial score (nSPS) is 14.6. The van der Waals surface area contributed by atoms with E-state index in [0.717, 1.165) is 11.3 Å². The van der Waals surface area contributed by atoms with Crippen LogP contribution in [-0.2, 0) is 0 Å². The van der Waals surface area contributed by atoms with Crippen molar-refractivity contribution in [1.29, 1.82) is 0 Å². The van der Waals surface area contributed by atoms with Gasteiger partial charge in [-0.15, -0.1) is 11.3 Å². The molecular weight excluding hydrogens is 335 g/mol. The summed E-state index contributed by atoms with van der Waals surface area (Å²) < 4.78 is 37.6. The zero-order valence-corrected chi connectivity index (χ0v) is 10.0. The van der Waals surface area contributed by atoms with Crippen LogP contribution in [0.3, 0.4) is 0 Å². The van der Waals surface area contributed by atoms with E-state index < -0.39 is 12.2 Å². The molecule has 0 aromatic carbocycles. The summed E-state index contributed by atoms with van der Waals surface area (Å²) in [6.07, 6.45) is -4.39. The fourth-order valence-electron chi connectivity index (χ4n) is 0.678. The van der Waals surface area contributed by atoms with Crippen molar-refractivity contribution in [3.05, 3.63) is 19.2 Å². The highest BCUT2D eigenvalue weighted by atomic mass is 79.9. The molecule has 0 aliphatic heterocycles. The quantitative estimate of drug-likeness (QED) is 0.827. The number of thiophene rings is 1. The predicted octanol–water partition coefficient (Wildman–Crippen LogP) is 3.84. The van der Waals surface area contributed by atoms with Gasteiger partial charge in [-0.25, -0.2) is 0 Å². The average molecular weight is 339 g/mol. The van der Waals surface area contributed by atoms with E-state index in [1.54, 1.807) is 0 Å². The molecule has 1 nitrogen and oxygen atoms in total. The molecule has 1 atom stereocenters. The van der Waals surface area contributed by atoms with E-state index in [1.807, 2.05) is 0 Å². The van der Waals surface area contributed by atoms with Gasteiger partial charge in [0.15, 0.2) is 0 Å². The molecule has 1 aromatic heterocycles. The third kappa shape index (κ3) is 2.68. The lowest BCUT2D eigenvalue weighted by molar-refractivity contribution is -0.148. The minimum Gasteiger partial charge on any atom is -0.316 e. The van der Waals surface area contributed by atoms with Gasteiger partial charge in [0.05, 0.1) is 3.79 Å². The molecule has 1 aromatic rings. The summed E-state index contributed by atoms with van der Waals surface area (Å²) in [4.78, 5) is 0.0891. The Morgan fingerprint density at radius 3 is 2.23 bits per heavy atom. The summed E-state index contributed by atoms with van der Waals surface area (Å²) in [7, 11) is 0. The molecule has 7 heteroatoms. The highest BCUT2D eigenvalue weighted by molar-refractivity contribution is 9.13. The van der Waals surface area contributed by atoms with Crippen LogP contribution in [0.25, 0.3) is 0 Å². The van der Waals surface area contributed by atoms with Gasteiger partial charge < -0.3 is 5.73 Å². The fourth-order valence-corrected chi connectivity index (χ4v) is 2.79. The van der Waals surface area contributed by atoms with Crippen LogP contribution in [-0.4, -0.2) is 6.18 Å². The summed E-state index contributed by atoms with van der Waals surface area (Å²) in [5.41, 5.74) is 5.00. The molecule has 0 saturated carbocycles. The van der Waals surface area contributed by atoms with Crippen LogP contribution in [0.4, 0.5) is 13.2 Å². The van der Waals surface area contributed by atoms with Crippen molar-refractivity contribution in [3.8, 4) is 0 Å². The molecule has 2 N–H and O–H groups in total. The molecule has 74 valence electrons. The number of nitrogens with two attached hydrogens (primary N) is 1. The fraction of sp³-hybridized carbons (Fsp3) is 0.333. The van der Waals surface area contributed by atoms with Gasteiger partial charge in [-0.3, -0.25) is 0 Å². The SMILES string of the molecule is N[C@H](c1cc(Br)c(Br)s1)C(F)(F)F. The summed E-state index contributed by atoms with van der Waals surface area (Å²) in [6.45, 7) is 0. The van der Waals surface area contributed by atoms with Crippen molar-refractivity contribution < 1.29 is 13.2 Å². The van der Waals surface area contributed by atoms with Crippen molar-refractivity contribution >= 4 is 43.2 Å². The summed E-state index contributed by atoms with van der Waals surface area (Å²) in [5, 5.41) is 0. The number of alkyl halides is 3. The molecule has 0 amide bonds. The largest absolute Gasteiger partial charge is 0.408 e. The number of rotatable bonds is 1. The Morgan fingerprint density at radius 1 is 1.38 bits per heavy atom. The van der Waals surface area contributed by atoms with Gasteiger partial charge in [0.25, 0.3) is 0 Å². The Hall–Kier alpha value is 0.410. The minimum absolute atomic E-state index is 0.0891. The first-order valence-corrected chi connectivity index (χ1v) is 5.49. The maximum Gasteiger partial charge on any atom is 0.408 e. The van der Waals surface area contributed by atoms with Crippen molar-refractivity contribution in [1.82, 2.24) is 0 Å². The average Bonchev–Trinajstić information content (AvgIpc) is 2.29. The Bertz CT molecular complexity index is 290. The Kier molecular flexibility index (Phi) is 3.43. The monoisotopic (exact) mass is 337 g/mol. The molecule has 13 heavy (non-hydrogen) atoms. The first-order chi connectivity index (χ1) is 5.82. The van der Waals surface area contributed by atoms with Crippen LogP contribution in [0.15, 0.2) is 14.3 Å². The van der Waals surface area contributed by atoms with Gasteiger partial charge in [-0.2, -0.15) is 13.2 Å². The number of hydrogen-bond donors (Lipinski definition) is 1. The van der Waals surface area contributed by atoms with Crippen LogP contribution in [0, 0.1) is 0 Å². The van der Waals surface area contributed by atoms with E-state index >= 15 is 0 Å². The lowest BCUT2D eigenvalue weighted by Crippen LogP contribution is -2.27. The maximum absolute atomic E-state index is 12.1. The third-order valence-corrected chi connectivity index (χ3v) is 4.66. The van der Waals surface area contributed by atoms with Crippen molar-refractivity contribution in [2.75, 3.05) is 0 Å². The Balaban J connectivity index is 2.96. The molecule has 0 aliphatic rings. The minimum atomic E-state index is -4.39. The molecule has 0 unspecified atom stereocenters.